The number of rotatable bonds is 6. The number of carbonyl (C=O) groups excluding carboxylic acids is 2. The highest BCUT2D eigenvalue weighted by Crippen LogP contribution is 2.38. The van der Waals surface area contributed by atoms with Crippen LogP contribution in [0.25, 0.3) is 5.82 Å². The van der Waals surface area contributed by atoms with Gasteiger partial charge in [-0.3, -0.25) is 20.0 Å². The second-order valence-corrected chi connectivity index (χ2v) is 6.86. The SMILES string of the molecule is COC1(C(=O)NC(=O)Nc2ccc(Oc3ccnc(-n4cnc(C)c4)c3)cn2)CC1. The monoisotopic (exact) mass is 408 g/mol. The molecule has 3 heterocycles. The summed E-state index contributed by atoms with van der Waals surface area (Å²) in [4.78, 5) is 36.6. The molecule has 1 saturated carbocycles. The van der Waals surface area contributed by atoms with Crippen molar-refractivity contribution < 1.29 is 19.1 Å². The summed E-state index contributed by atoms with van der Waals surface area (Å²) < 4.78 is 12.7. The maximum Gasteiger partial charge on any atom is 0.327 e. The number of ether oxygens (including phenoxy) is 2. The number of carbonyl (C=O) groups is 2. The zero-order chi connectivity index (χ0) is 21.1. The van der Waals surface area contributed by atoms with E-state index in [1.54, 1.807) is 41.4 Å². The minimum Gasteiger partial charge on any atom is -0.456 e. The molecular weight excluding hydrogens is 388 g/mol. The first-order valence-corrected chi connectivity index (χ1v) is 9.26. The Kier molecular flexibility index (Phi) is 5.15. The molecule has 3 amide bonds. The van der Waals surface area contributed by atoms with Gasteiger partial charge in [-0.1, -0.05) is 0 Å². The van der Waals surface area contributed by atoms with Crippen LogP contribution in [0.3, 0.4) is 0 Å². The molecule has 3 aromatic rings. The molecule has 10 nitrogen and oxygen atoms in total. The van der Waals surface area contributed by atoms with E-state index in [1.165, 1.54) is 13.3 Å². The first-order chi connectivity index (χ1) is 14.5. The van der Waals surface area contributed by atoms with Crippen LogP contribution < -0.4 is 15.4 Å². The Morgan fingerprint density at radius 2 is 1.97 bits per heavy atom. The lowest BCUT2D eigenvalue weighted by Crippen LogP contribution is -2.43. The third-order valence-electron chi connectivity index (χ3n) is 4.64. The van der Waals surface area contributed by atoms with Crippen molar-refractivity contribution in [1.29, 1.82) is 0 Å². The Hall–Kier alpha value is -3.79. The molecule has 4 rings (SSSR count). The maximum absolute atomic E-state index is 12.0. The molecule has 1 aliphatic rings. The topological polar surface area (TPSA) is 120 Å². The number of pyridine rings is 2. The molecule has 2 N–H and O–H groups in total. The summed E-state index contributed by atoms with van der Waals surface area (Å²) in [5, 5.41) is 4.77. The number of hydrogen-bond acceptors (Lipinski definition) is 7. The van der Waals surface area contributed by atoms with Crippen LogP contribution in [-0.4, -0.2) is 44.2 Å². The van der Waals surface area contributed by atoms with Crippen LogP contribution in [0.1, 0.15) is 18.5 Å². The first kappa shape index (κ1) is 19.5. The molecule has 10 heteroatoms. The number of aromatic nitrogens is 4. The predicted octanol–water partition coefficient (Wildman–Crippen LogP) is 2.59. The van der Waals surface area contributed by atoms with Gasteiger partial charge in [-0.15, -0.1) is 0 Å². The quantitative estimate of drug-likeness (QED) is 0.643. The van der Waals surface area contributed by atoms with Crippen LogP contribution in [0.4, 0.5) is 10.6 Å². The van der Waals surface area contributed by atoms with E-state index in [0.717, 1.165) is 5.69 Å². The van der Waals surface area contributed by atoms with Crippen LogP contribution in [0.5, 0.6) is 11.5 Å². The number of aryl methyl sites for hydroxylation is 1. The van der Waals surface area contributed by atoms with Gasteiger partial charge < -0.3 is 9.47 Å². The lowest BCUT2D eigenvalue weighted by molar-refractivity contribution is -0.132. The Balaban J connectivity index is 1.36. The Labute approximate surface area is 172 Å². The summed E-state index contributed by atoms with van der Waals surface area (Å²) >= 11 is 0. The summed E-state index contributed by atoms with van der Waals surface area (Å²) in [5.74, 6) is 1.55. The summed E-state index contributed by atoms with van der Waals surface area (Å²) in [6.45, 7) is 1.90. The van der Waals surface area contributed by atoms with Crippen LogP contribution >= 0.6 is 0 Å². The van der Waals surface area contributed by atoms with Crippen LogP contribution in [-0.2, 0) is 9.53 Å². The third-order valence-corrected chi connectivity index (χ3v) is 4.64. The second kappa shape index (κ2) is 7.91. The molecule has 30 heavy (non-hydrogen) atoms. The van der Waals surface area contributed by atoms with Gasteiger partial charge in [0.05, 0.1) is 11.9 Å². The molecule has 0 unspecified atom stereocenters. The van der Waals surface area contributed by atoms with Crippen molar-refractivity contribution in [3.63, 3.8) is 0 Å². The van der Waals surface area contributed by atoms with E-state index in [0.29, 0.717) is 30.2 Å². The van der Waals surface area contributed by atoms with E-state index in [2.05, 4.69) is 25.6 Å². The van der Waals surface area contributed by atoms with Gasteiger partial charge in [0.15, 0.2) is 0 Å². The molecule has 0 saturated heterocycles. The fraction of sp³-hybridized carbons (Fsp3) is 0.250. The lowest BCUT2D eigenvalue weighted by atomic mass is 10.3. The number of imide groups is 1. The largest absolute Gasteiger partial charge is 0.456 e. The first-order valence-electron chi connectivity index (χ1n) is 9.26. The van der Waals surface area contributed by atoms with Gasteiger partial charge in [0.1, 0.15) is 35.1 Å². The molecule has 0 atom stereocenters. The van der Waals surface area contributed by atoms with E-state index < -0.39 is 17.5 Å². The number of imidazole rings is 1. The van der Waals surface area contributed by atoms with Crippen molar-refractivity contribution in [2.24, 2.45) is 0 Å². The van der Waals surface area contributed by atoms with Gasteiger partial charge in [0.25, 0.3) is 5.91 Å². The molecule has 0 radical (unpaired) electrons. The number of amides is 3. The van der Waals surface area contributed by atoms with E-state index >= 15 is 0 Å². The van der Waals surface area contributed by atoms with Gasteiger partial charge in [-0.25, -0.2) is 19.7 Å². The number of anilines is 1. The smallest absolute Gasteiger partial charge is 0.327 e. The normalized spacial score (nSPS) is 14.1. The van der Waals surface area contributed by atoms with Crippen LogP contribution in [0.2, 0.25) is 0 Å². The van der Waals surface area contributed by atoms with Gasteiger partial charge >= 0.3 is 6.03 Å². The summed E-state index contributed by atoms with van der Waals surface area (Å²) in [6, 6.07) is 6.06. The minimum absolute atomic E-state index is 0.277. The van der Waals surface area contributed by atoms with Crippen molar-refractivity contribution >= 4 is 17.8 Å². The maximum atomic E-state index is 12.0. The Morgan fingerprint density at radius 3 is 2.60 bits per heavy atom. The van der Waals surface area contributed by atoms with Crippen molar-refractivity contribution in [3.05, 3.63) is 54.9 Å². The average Bonchev–Trinajstić information content (AvgIpc) is 3.43. The number of urea groups is 1. The highest BCUT2D eigenvalue weighted by Gasteiger charge is 2.51. The van der Waals surface area contributed by atoms with Gasteiger partial charge in [0, 0.05) is 25.6 Å². The third kappa shape index (κ3) is 4.28. The van der Waals surface area contributed by atoms with E-state index in [1.807, 2.05) is 13.1 Å². The standard InChI is InChI=1S/C20H20N6O4/c1-13-11-26(12-23-13)17-9-14(5-8-21-17)30-15-3-4-16(22-10-15)24-19(28)25-18(27)20(29-2)6-7-20/h3-5,8-12H,6-7H2,1-2H3,(H2,22,24,25,27,28). The second-order valence-electron chi connectivity index (χ2n) is 6.86. The zero-order valence-corrected chi connectivity index (χ0v) is 16.5. The van der Waals surface area contributed by atoms with E-state index in [9.17, 15) is 9.59 Å². The molecule has 1 aliphatic carbocycles. The molecule has 1 fully saturated rings. The Morgan fingerprint density at radius 1 is 1.13 bits per heavy atom. The number of methoxy groups -OCH3 is 1. The molecule has 0 spiro atoms. The predicted molar refractivity (Wildman–Crippen MR) is 107 cm³/mol. The number of nitrogens with one attached hydrogen (secondary N) is 2. The van der Waals surface area contributed by atoms with E-state index in [4.69, 9.17) is 9.47 Å². The summed E-state index contributed by atoms with van der Waals surface area (Å²) in [7, 11) is 1.45. The summed E-state index contributed by atoms with van der Waals surface area (Å²) in [6.07, 6.45) is 7.85. The van der Waals surface area contributed by atoms with Crippen molar-refractivity contribution in [2.75, 3.05) is 12.4 Å². The highest BCUT2D eigenvalue weighted by atomic mass is 16.5. The van der Waals surface area contributed by atoms with Crippen LogP contribution in [0.15, 0.2) is 49.2 Å². The zero-order valence-electron chi connectivity index (χ0n) is 16.5. The van der Waals surface area contributed by atoms with E-state index in [-0.39, 0.29) is 5.82 Å². The lowest BCUT2D eigenvalue weighted by Gasteiger charge is -2.13. The number of hydrogen-bond donors (Lipinski definition) is 2. The van der Waals surface area contributed by atoms with Crippen molar-refractivity contribution in [3.8, 4) is 17.3 Å². The summed E-state index contributed by atoms with van der Waals surface area (Å²) in [5.41, 5.74) is 0.0111. The van der Waals surface area contributed by atoms with Gasteiger partial charge in [0.2, 0.25) is 0 Å². The minimum atomic E-state index is -0.874. The van der Waals surface area contributed by atoms with Crippen LogP contribution in [0, 0.1) is 6.92 Å². The van der Waals surface area contributed by atoms with Crippen molar-refractivity contribution in [1.82, 2.24) is 24.8 Å². The molecule has 0 aliphatic heterocycles. The molecule has 0 aromatic carbocycles. The van der Waals surface area contributed by atoms with Gasteiger partial charge in [-0.2, -0.15) is 0 Å². The Bertz CT molecular complexity index is 1070. The van der Waals surface area contributed by atoms with Gasteiger partial charge in [-0.05, 0) is 38.0 Å². The average molecular weight is 408 g/mol. The van der Waals surface area contributed by atoms with Crippen molar-refractivity contribution in [2.45, 2.75) is 25.4 Å². The highest BCUT2D eigenvalue weighted by molar-refractivity contribution is 6.04. The molecular formula is C20H20N6O4. The number of nitrogens with zero attached hydrogens (tertiary/aromatic N) is 4. The molecule has 154 valence electrons. The molecule has 0 bridgehead atoms. The fourth-order valence-corrected chi connectivity index (χ4v) is 2.80. The molecule has 3 aromatic heterocycles. The fourth-order valence-electron chi connectivity index (χ4n) is 2.80.